The number of nitrogens with one attached hydrogen (secondary N) is 4. The molecule has 16 nitrogen and oxygen atoms in total. The van der Waals surface area contributed by atoms with Gasteiger partial charge in [-0.05, 0) is 117 Å². The molecular weight excluding hydrogens is 908 g/mol. The summed E-state index contributed by atoms with van der Waals surface area (Å²) in [6.45, 7) is 10.4. The van der Waals surface area contributed by atoms with Crippen LogP contribution in [0.15, 0.2) is 48.5 Å². The van der Waals surface area contributed by atoms with E-state index in [0.717, 1.165) is 109 Å². The van der Waals surface area contributed by atoms with Gasteiger partial charge in [-0.2, -0.15) is 0 Å². The van der Waals surface area contributed by atoms with Crippen LogP contribution in [0.2, 0.25) is 10.0 Å². The second-order valence-electron chi connectivity index (χ2n) is 19.5. The molecule has 6 heterocycles. The van der Waals surface area contributed by atoms with Gasteiger partial charge in [0.05, 0.1) is 69.1 Å². The molecule has 6 atom stereocenters. The topological polar surface area (TPSA) is 192 Å². The van der Waals surface area contributed by atoms with Crippen molar-refractivity contribution >= 4 is 80.6 Å². The highest BCUT2D eigenvalue weighted by Crippen LogP contribution is 2.50. The number of benzene rings is 3. The van der Waals surface area contributed by atoms with Crippen LogP contribution in [0.3, 0.4) is 0 Å². The Hall–Kier alpha value is -5.74. The predicted molar refractivity (Wildman–Crippen MR) is 263 cm³/mol. The number of hydrogen-bond donors (Lipinski definition) is 5. The maximum absolute atomic E-state index is 13.9. The molecule has 0 unspecified atom stereocenters. The number of methoxy groups -OCH3 is 1. The fourth-order valence-electron chi connectivity index (χ4n) is 11.1. The number of anilines is 2. The maximum atomic E-state index is 13.9. The summed E-state index contributed by atoms with van der Waals surface area (Å²) in [5, 5.41) is 15.9. The quantitative estimate of drug-likeness (QED) is 0.0804. The first-order valence-corrected chi connectivity index (χ1v) is 24.9. The van der Waals surface area contributed by atoms with E-state index in [4.69, 9.17) is 37.9 Å². The number of imidazole rings is 2. The molecule has 4 amide bonds. The lowest BCUT2D eigenvalue weighted by atomic mass is 10.0. The number of rotatable bonds is 12. The number of hydrogen-bond acceptors (Lipinski definition) is 9. The van der Waals surface area contributed by atoms with Crippen LogP contribution in [0.4, 0.5) is 21.0 Å². The zero-order valence-electron chi connectivity index (χ0n) is 39.4. The number of aromatic amines is 2. The number of carbonyl (C=O) groups excluding carboxylic acids is 3. The Bertz CT molecular complexity index is 2680. The highest BCUT2D eigenvalue weighted by molar-refractivity contribution is 6.39. The van der Waals surface area contributed by atoms with Gasteiger partial charge in [0.25, 0.3) is 0 Å². The zero-order chi connectivity index (χ0) is 48.0. The van der Waals surface area contributed by atoms with Crippen molar-refractivity contribution in [3.8, 4) is 0 Å². The third kappa shape index (κ3) is 9.25. The first-order chi connectivity index (χ1) is 32.7. The summed E-state index contributed by atoms with van der Waals surface area (Å²) in [4.78, 5) is 77.0. The van der Waals surface area contributed by atoms with Gasteiger partial charge < -0.3 is 50.0 Å². The second kappa shape index (κ2) is 19.7. The van der Waals surface area contributed by atoms with Gasteiger partial charge in [-0.3, -0.25) is 9.59 Å². The van der Waals surface area contributed by atoms with Gasteiger partial charge in [-0.25, -0.2) is 19.6 Å². The number of aromatic nitrogens is 4. The Morgan fingerprint density at radius 3 is 1.60 bits per heavy atom. The van der Waals surface area contributed by atoms with E-state index in [9.17, 15) is 24.3 Å². The second-order valence-corrected chi connectivity index (χ2v) is 20.3. The number of carboxylic acid groups (broad SMARTS) is 1. The van der Waals surface area contributed by atoms with Gasteiger partial charge in [0, 0.05) is 31.9 Å². The van der Waals surface area contributed by atoms with Crippen molar-refractivity contribution in [3.63, 3.8) is 0 Å². The number of piperidine rings is 1. The largest absolute Gasteiger partial charge is 0.465 e. The van der Waals surface area contributed by atoms with Crippen molar-refractivity contribution in [2.24, 2.45) is 11.8 Å². The van der Waals surface area contributed by atoms with Crippen LogP contribution in [0.5, 0.6) is 0 Å². The summed E-state index contributed by atoms with van der Waals surface area (Å²) in [5.74, 6) is 0.637. The molecule has 0 bridgehead atoms. The van der Waals surface area contributed by atoms with Crippen molar-refractivity contribution in [1.82, 2.24) is 40.4 Å². The number of alkyl carbamates (subject to hydrolysis) is 1. The fourth-order valence-corrected chi connectivity index (χ4v) is 11.8. The van der Waals surface area contributed by atoms with Crippen molar-refractivity contribution in [2.45, 2.75) is 122 Å². The molecule has 0 aliphatic carbocycles. The molecular formula is C50H62Cl2N10O6. The van der Waals surface area contributed by atoms with Gasteiger partial charge >= 0.3 is 12.2 Å². The van der Waals surface area contributed by atoms with Crippen molar-refractivity contribution in [2.75, 3.05) is 43.1 Å². The van der Waals surface area contributed by atoms with E-state index < -0.39 is 24.3 Å². The Labute approximate surface area is 406 Å². The Balaban J connectivity index is 1.04. The number of amides is 4. The number of H-pyrrole nitrogens is 2. The molecule has 5 aromatic rings. The van der Waals surface area contributed by atoms with E-state index in [-0.39, 0.29) is 47.8 Å². The van der Waals surface area contributed by atoms with Gasteiger partial charge in [-0.1, -0.05) is 63.0 Å². The number of ether oxygens (including phenoxy) is 1. The Morgan fingerprint density at radius 2 is 1.15 bits per heavy atom. The van der Waals surface area contributed by atoms with E-state index in [1.807, 2.05) is 44.7 Å². The van der Waals surface area contributed by atoms with Gasteiger partial charge in [0.1, 0.15) is 23.7 Å². The fraction of sp³-hybridized carbons (Fsp3) is 0.520. The average molecular weight is 970 g/mol. The lowest BCUT2D eigenvalue weighted by Crippen LogP contribution is -2.51. The average Bonchev–Trinajstić information content (AvgIpc) is 4.18. The molecule has 4 aliphatic heterocycles. The lowest BCUT2D eigenvalue weighted by Gasteiger charge is -2.35. The normalized spacial score (nSPS) is 21.9. The predicted octanol–water partition coefficient (Wildman–Crippen LogP) is 9.82. The minimum atomic E-state index is -1.22. The van der Waals surface area contributed by atoms with Crippen LogP contribution >= 0.6 is 23.2 Å². The van der Waals surface area contributed by atoms with E-state index in [0.29, 0.717) is 34.8 Å². The van der Waals surface area contributed by atoms with Crippen LogP contribution in [0.25, 0.3) is 22.1 Å². The van der Waals surface area contributed by atoms with E-state index >= 15 is 0 Å². The number of likely N-dealkylation sites (tertiary alicyclic amines) is 2. The van der Waals surface area contributed by atoms with Crippen molar-refractivity contribution in [1.29, 1.82) is 0 Å². The van der Waals surface area contributed by atoms with Crippen LogP contribution in [0.1, 0.15) is 132 Å². The summed E-state index contributed by atoms with van der Waals surface area (Å²) < 4.78 is 4.84. The smallest absolute Gasteiger partial charge is 0.407 e. The molecule has 4 saturated heterocycles. The maximum Gasteiger partial charge on any atom is 0.407 e. The standard InChI is InChI=1S/C50H62Cl2N10O6/c1-27(2)42(57-49(65)66)47(63)60-21-9-11-40(60)45-53-34-15-13-29(23-36(34)55-45)38-17-18-39(62(38)31-25-32(51)44(33(52)26-31)59-19-7-6-8-20-59)30-14-16-35-37(24-30)56-46(54-35)41-12-10-22-61(41)48(64)43(28(3)4)58-50(67)68-5/h13-16,23-28,38-43,57H,6-12,17-22H2,1-5H3,(H,53,55)(H,54,56)(H,58,67)(H,65,66)/t38-,39-,40+,41+,42+,43+/m1/s1. The van der Waals surface area contributed by atoms with Crippen molar-refractivity contribution in [3.05, 3.63) is 81.4 Å². The van der Waals surface area contributed by atoms with Gasteiger partial charge in [-0.15, -0.1) is 0 Å². The minimum Gasteiger partial charge on any atom is -0.465 e. The SMILES string of the molecule is COC(=O)N[C@H](C(=O)N1CCC[C@H]1c1nc2ccc([C@H]3CC[C@H](c4ccc5nc([C@@H]6CCCN6C(=O)[C@@H](NC(=O)O)C(C)C)[nH]c5c4)N3c3cc(Cl)c(N4CCCCC4)c(Cl)c3)cc2[nH]1)C(C)C. The molecule has 0 spiro atoms. The molecule has 68 heavy (non-hydrogen) atoms. The first kappa shape index (κ1) is 47.3. The molecule has 3 aromatic carbocycles. The third-order valence-corrected chi connectivity index (χ3v) is 15.1. The van der Waals surface area contributed by atoms with Gasteiger partial charge in [0.15, 0.2) is 0 Å². The van der Waals surface area contributed by atoms with Crippen LogP contribution in [0, 0.1) is 11.8 Å². The van der Waals surface area contributed by atoms with Crippen LogP contribution in [-0.2, 0) is 14.3 Å². The minimum absolute atomic E-state index is 0.0655. The van der Waals surface area contributed by atoms with Crippen LogP contribution in [-0.4, -0.2) is 104 Å². The molecule has 4 aliphatic rings. The lowest BCUT2D eigenvalue weighted by molar-refractivity contribution is -0.136. The highest BCUT2D eigenvalue weighted by Gasteiger charge is 2.41. The van der Waals surface area contributed by atoms with Crippen LogP contribution < -0.4 is 20.4 Å². The molecule has 5 N–H and O–H groups in total. The molecule has 0 radical (unpaired) electrons. The zero-order valence-corrected chi connectivity index (χ0v) is 40.9. The molecule has 2 aromatic heterocycles. The van der Waals surface area contributed by atoms with Crippen molar-refractivity contribution < 1.29 is 29.0 Å². The van der Waals surface area contributed by atoms with E-state index in [1.54, 1.807) is 4.90 Å². The Morgan fingerprint density at radius 1 is 0.662 bits per heavy atom. The van der Waals surface area contributed by atoms with E-state index in [1.165, 1.54) is 13.5 Å². The number of carbonyl (C=O) groups is 4. The van der Waals surface area contributed by atoms with E-state index in [2.05, 4.69) is 66.8 Å². The molecule has 9 rings (SSSR count). The summed E-state index contributed by atoms with van der Waals surface area (Å²) in [6, 6.07) is 14.5. The molecule has 4 fully saturated rings. The summed E-state index contributed by atoms with van der Waals surface area (Å²) in [6.07, 6.45) is 6.25. The summed E-state index contributed by atoms with van der Waals surface area (Å²) in [5.41, 5.74) is 7.28. The number of fused-ring (bicyclic) bond motifs is 2. The monoisotopic (exact) mass is 968 g/mol. The highest BCUT2D eigenvalue weighted by atomic mass is 35.5. The first-order valence-electron chi connectivity index (χ1n) is 24.2. The molecule has 362 valence electrons. The molecule has 18 heteroatoms. The van der Waals surface area contributed by atoms with Gasteiger partial charge in [0.2, 0.25) is 11.8 Å². The number of halogens is 2. The summed E-state index contributed by atoms with van der Waals surface area (Å²) >= 11 is 14.4. The number of nitrogens with zero attached hydrogens (tertiary/aromatic N) is 6. The Kier molecular flexibility index (Phi) is 13.7. The third-order valence-electron chi connectivity index (χ3n) is 14.5. The molecule has 0 saturated carbocycles. The summed E-state index contributed by atoms with van der Waals surface area (Å²) in [7, 11) is 1.29.